The van der Waals surface area contributed by atoms with Crippen molar-refractivity contribution in [3.63, 3.8) is 0 Å². The van der Waals surface area contributed by atoms with Crippen LogP contribution in [0.3, 0.4) is 0 Å². The largest absolute Gasteiger partial charge is 0.368 e. The molecule has 2 aromatic heterocycles. The number of nitro benzene ring substituents is 1. The summed E-state index contributed by atoms with van der Waals surface area (Å²) in [6, 6.07) is 13.6. The van der Waals surface area contributed by atoms with E-state index in [0.29, 0.717) is 31.4 Å². The van der Waals surface area contributed by atoms with Crippen molar-refractivity contribution >= 4 is 11.6 Å². The van der Waals surface area contributed by atoms with Crippen LogP contribution in [0.4, 0.5) is 5.69 Å². The van der Waals surface area contributed by atoms with E-state index in [1.165, 1.54) is 12.1 Å². The quantitative estimate of drug-likeness (QED) is 0.394. The van der Waals surface area contributed by atoms with Gasteiger partial charge < -0.3 is 5.73 Å². The summed E-state index contributed by atoms with van der Waals surface area (Å²) in [5.41, 5.74) is 7.33. The Balaban J connectivity index is 1.87. The molecule has 3 rings (SSSR count). The summed E-state index contributed by atoms with van der Waals surface area (Å²) >= 11 is 0. The first kappa shape index (κ1) is 21.1. The van der Waals surface area contributed by atoms with Crippen LogP contribution >= 0.6 is 0 Å². The minimum absolute atomic E-state index is 0.0402. The highest BCUT2D eigenvalue weighted by atomic mass is 16.6. The summed E-state index contributed by atoms with van der Waals surface area (Å²) in [4.78, 5) is 31.4. The Hall–Kier alpha value is -3.65. The molecule has 0 bridgehead atoms. The normalized spacial score (nSPS) is 12.8. The number of non-ortho nitro benzene ring substituents is 1. The number of nitro groups is 1. The van der Waals surface area contributed by atoms with Crippen molar-refractivity contribution in [2.45, 2.75) is 24.8 Å². The number of aromatic nitrogens is 2. The minimum Gasteiger partial charge on any atom is -0.368 e. The first-order valence-corrected chi connectivity index (χ1v) is 9.59. The van der Waals surface area contributed by atoms with Gasteiger partial charge in [-0.3, -0.25) is 30.2 Å². The Bertz CT molecular complexity index is 981. The number of aryl methyl sites for hydroxylation is 1. The maximum absolute atomic E-state index is 12.7. The highest BCUT2D eigenvalue weighted by Crippen LogP contribution is 2.29. The highest BCUT2D eigenvalue weighted by Gasteiger charge is 2.38. The fourth-order valence-corrected chi connectivity index (χ4v) is 3.40. The van der Waals surface area contributed by atoms with E-state index in [1.54, 1.807) is 36.9 Å². The smallest absolute Gasteiger partial charge is 0.269 e. The van der Waals surface area contributed by atoms with Gasteiger partial charge in [0, 0.05) is 43.5 Å². The van der Waals surface area contributed by atoms with Crippen LogP contribution in [0.1, 0.15) is 23.1 Å². The summed E-state index contributed by atoms with van der Waals surface area (Å²) in [5.74, 6) is -0.531. The number of amides is 1. The van der Waals surface area contributed by atoms with Crippen molar-refractivity contribution in [3.8, 4) is 0 Å². The number of hydrogen-bond acceptors (Lipinski definition) is 6. The Kier molecular flexibility index (Phi) is 6.82. The standard InChI is InChI=1S/C22H23N5O3/c23-21(28)22(11-7-17-8-13-24-14-9-17,19-3-5-20(6-4-19)27(29)30)26-15-10-18-2-1-12-25-16-18/h1-6,8-9,12-14,16,26H,7,10-11,15H2,(H2,23,28). The number of nitrogens with one attached hydrogen (secondary N) is 1. The van der Waals surface area contributed by atoms with Gasteiger partial charge in [0.2, 0.25) is 5.91 Å². The Morgan fingerprint density at radius 3 is 2.33 bits per heavy atom. The zero-order valence-corrected chi connectivity index (χ0v) is 16.4. The SMILES string of the molecule is NC(=O)C(CCc1ccncc1)(NCCc1cccnc1)c1ccc([N+](=O)[O-])cc1. The second kappa shape index (κ2) is 9.71. The third kappa shape index (κ3) is 5.03. The predicted molar refractivity (Wildman–Crippen MR) is 112 cm³/mol. The van der Waals surface area contributed by atoms with Crippen LogP contribution in [0.25, 0.3) is 0 Å². The molecule has 0 aliphatic rings. The van der Waals surface area contributed by atoms with Crippen molar-refractivity contribution in [1.29, 1.82) is 0 Å². The van der Waals surface area contributed by atoms with Crippen molar-refractivity contribution in [1.82, 2.24) is 15.3 Å². The highest BCUT2D eigenvalue weighted by molar-refractivity contribution is 5.86. The van der Waals surface area contributed by atoms with Gasteiger partial charge in [0.1, 0.15) is 5.54 Å². The van der Waals surface area contributed by atoms with Gasteiger partial charge >= 0.3 is 0 Å². The van der Waals surface area contributed by atoms with Crippen molar-refractivity contribution < 1.29 is 9.72 Å². The molecule has 2 heterocycles. The van der Waals surface area contributed by atoms with Gasteiger partial charge in [-0.2, -0.15) is 0 Å². The molecule has 8 heteroatoms. The van der Waals surface area contributed by atoms with E-state index >= 15 is 0 Å². The number of nitrogens with two attached hydrogens (primary N) is 1. The number of pyridine rings is 2. The third-order valence-corrected chi connectivity index (χ3v) is 5.09. The van der Waals surface area contributed by atoms with Crippen LogP contribution in [-0.2, 0) is 23.2 Å². The monoisotopic (exact) mass is 405 g/mol. The molecule has 0 fully saturated rings. The maximum atomic E-state index is 12.7. The predicted octanol–water partition coefficient (Wildman–Crippen LogP) is 2.53. The lowest BCUT2D eigenvalue weighted by molar-refractivity contribution is -0.384. The fraction of sp³-hybridized carbons (Fsp3) is 0.227. The molecule has 0 aliphatic carbocycles. The van der Waals surface area contributed by atoms with Crippen LogP contribution in [0, 0.1) is 10.1 Å². The molecule has 0 radical (unpaired) electrons. The number of carbonyl (C=O) groups is 1. The molecule has 1 unspecified atom stereocenters. The molecule has 8 nitrogen and oxygen atoms in total. The van der Waals surface area contributed by atoms with Crippen molar-refractivity contribution in [3.05, 3.63) is 100 Å². The fourth-order valence-electron chi connectivity index (χ4n) is 3.40. The van der Waals surface area contributed by atoms with Gasteiger partial charge in [0.05, 0.1) is 4.92 Å². The maximum Gasteiger partial charge on any atom is 0.269 e. The molecule has 1 atom stereocenters. The van der Waals surface area contributed by atoms with Crippen LogP contribution in [0.15, 0.2) is 73.3 Å². The van der Waals surface area contributed by atoms with Gasteiger partial charge in [-0.15, -0.1) is 0 Å². The molecule has 3 aromatic rings. The minimum atomic E-state index is -1.17. The van der Waals surface area contributed by atoms with E-state index in [-0.39, 0.29) is 5.69 Å². The number of primary amides is 1. The summed E-state index contributed by atoms with van der Waals surface area (Å²) < 4.78 is 0. The lowest BCUT2D eigenvalue weighted by Crippen LogP contribution is -2.53. The number of nitrogens with zero attached hydrogens (tertiary/aromatic N) is 3. The van der Waals surface area contributed by atoms with Crippen molar-refractivity contribution in [2.75, 3.05) is 6.54 Å². The first-order valence-electron chi connectivity index (χ1n) is 9.59. The van der Waals surface area contributed by atoms with E-state index in [2.05, 4.69) is 15.3 Å². The molecule has 3 N–H and O–H groups in total. The molecular weight excluding hydrogens is 382 g/mol. The zero-order valence-electron chi connectivity index (χ0n) is 16.4. The summed E-state index contributed by atoms with van der Waals surface area (Å²) in [7, 11) is 0. The number of carbonyl (C=O) groups excluding carboxylic acids is 1. The molecule has 154 valence electrons. The summed E-state index contributed by atoms with van der Waals surface area (Å²) in [5, 5.41) is 14.4. The molecule has 0 aliphatic heterocycles. The van der Waals surface area contributed by atoms with Gasteiger partial charge in [-0.25, -0.2) is 0 Å². The van der Waals surface area contributed by atoms with Gasteiger partial charge in [0.15, 0.2) is 0 Å². The van der Waals surface area contributed by atoms with Gasteiger partial charge in [0.25, 0.3) is 5.69 Å². The topological polar surface area (TPSA) is 124 Å². The third-order valence-electron chi connectivity index (χ3n) is 5.09. The lowest BCUT2D eigenvalue weighted by Gasteiger charge is -2.33. The van der Waals surface area contributed by atoms with Gasteiger partial charge in [-0.1, -0.05) is 6.07 Å². The number of hydrogen-bond donors (Lipinski definition) is 2. The number of benzene rings is 1. The van der Waals surface area contributed by atoms with Crippen molar-refractivity contribution in [2.24, 2.45) is 5.73 Å². The molecule has 0 saturated heterocycles. The van der Waals surface area contributed by atoms with E-state index in [4.69, 9.17) is 5.73 Å². The van der Waals surface area contributed by atoms with E-state index in [0.717, 1.165) is 11.1 Å². The second-order valence-electron chi connectivity index (χ2n) is 6.97. The molecule has 0 spiro atoms. The second-order valence-corrected chi connectivity index (χ2v) is 6.97. The average Bonchev–Trinajstić information content (AvgIpc) is 2.77. The van der Waals surface area contributed by atoms with E-state index in [1.807, 2.05) is 24.3 Å². The van der Waals surface area contributed by atoms with E-state index in [9.17, 15) is 14.9 Å². The lowest BCUT2D eigenvalue weighted by atomic mass is 9.83. The summed E-state index contributed by atoms with van der Waals surface area (Å²) in [6.07, 6.45) is 8.52. The molecular formula is C22H23N5O3. The molecule has 1 amide bonds. The first-order chi connectivity index (χ1) is 14.5. The van der Waals surface area contributed by atoms with Crippen LogP contribution in [0.5, 0.6) is 0 Å². The van der Waals surface area contributed by atoms with E-state index < -0.39 is 16.4 Å². The Morgan fingerprint density at radius 1 is 1.00 bits per heavy atom. The van der Waals surface area contributed by atoms with Crippen LogP contribution < -0.4 is 11.1 Å². The Labute approximate surface area is 174 Å². The Morgan fingerprint density at radius 2 is 1.73 bits per heavy atom. The summed E-state index contributed by atoms with van der Waals surface area (Å²) in [6.45, 7) is 0.488. The average molecular weight is 405 g/mol. The van der Waals surface area contributed by atoms with Crippen LogP contribution in [-0.4, -0.2) is 27.3 Å². The van der Waals surface area contributed by atoms with Gasteiger partial charge in [-0.05, 0) is 66.3 Å². The molecule has 1 aromatic carbocycles. The number of rotatable bonds is 10. The van der Waals surface area contributed by atoms with Crippen LogP contribution in [0.2, 0.25) is 0 Å². The zero-order chi connectivity index (χ0) is 21.4. The molecule has 0 saturated carbocycles. The molecule has 30 heavy (non-hydrogen) atoms.